The van der Waals surface area contributed by atoms with Crippen LogP contribution in [0.3, 0.4) is 0 Å². The number of hydrogen-bond donors (Lipinski definition) is 2. The van der Waals surface area contributed by atoms with Crippen LogP contribution >= 0.6 is 23.2 Å². The van der Waals surface area contributed by atoms with Crippen LogP contribution in [0.1, 0.15) is 18.4 Å². The number of ether oxygens (including phenoxy) is 2. The first-order valence-electron chi connectivity index (χ1n) is 15.9. The number of piperidine rings is 1. The van der Waals surface area contributed by atoms with Gasteiger partial charge in [0.1, 0.15) is 17.1 Å². The number of likely N-dealkylation sites (tertiary alicyclic amines) is 1. The van der Waals surface area contributed by atoms with Gasteiger partial charge in [0.05, 0.1) is 36.4 Å². The summed E-state index contributed by atoms with van der Waals surface area (Å²) in [6.07, 6.45) is 7.83. The summed E-state index contributed by atoms with van der Waals surface area (Å²) in [6, 6.07) is 10.3. The molecule has 14 heteroatoms. The van der Waals surface area contributed by atoms with Gasteiger partial charge in [-0.3, -0.25) is 19.0 Å². The maximum absolute atomic E-state index is 14.5. The maximum Gasteiger partial charge on any atom is 0.260 e. The average Bonchev–Trinajstić information content (AvgIpc) is 3.10. The Balaban J connectivity index is 1.56. The second-order valence-corrected chi connectivity index (χ2v) is 12.8. The van der Waals surface area contributed by atoms with E-state index in [9.17, 15) is 14.4 Å². The summed E-state index contributed by atoms with van der Waals surface area (Å²) < 4.78 is 12.5. The third-order valence-electron chi connectivity index (χ3n) is 8.21. The Bertz CT molecular complexity index is 1970. The van der Waals surface area contributed by atoms with Crippen LogP contribution in [0.25, 0.3) is 22.2 Å². The van der Waals surface area contributed by atoms with E-state index >= 15 is 0 Å². The minimum absolute atomic E-state index is 0.0908. The topological polar surface area (TPSA) is 131 Å². The Morgan fingerprint density at radius 3 is 2.44 bits per heavy atom. The van der Waals surface area contributed by atoms with E-state index < -0.39 is 5.56 Å². The Hall–Kier alpha value is -4.91. The van der Waals surface area contributed by atoms with Gasteiger partial charge < -0.3 is 29.9 Å². The molecule has 5 rings (SSSR count). The summed E-state index contributed by atoms with van der Waals surface area (Å²) in [6.45, 7) is 5.49. The predicted octanol–water partition coefficient (Wildman–Crippen LogP) is 5.48. The zero-order valence-corrected chi connectivity index (χ0v) is 29.8. The molecule has 1 atom stereocenters. The molecular weight excluding hydrogens is 681 g/mol. The molecule has 1 fully saturated rings. The Morgan fingerprint density at radius 2 is 1.80 bits per heavy atom. The van der Waals surface area contributed by atoms with Gasteiger partial charge in [0.25, 0.3) is 5.56 Å². The van der Waals surface area contributed by atoms with Crippen molar-refractivity contribution < 1.29 is 19.1 Å². The number of benzene rings is 2. The van der Waals surface area contributed by atoms with Crippen molar-refractivity contribution in [2.24, 2.45) is 0 Å². The number of halogens is 2. The van der Waals surface area contributed by atoms with Crippen LogP contribution in [0, 0.1) is 0 Å². The Kier molecular flexibility index (Phi) is 11.8. The lowest BCUT2D eigenvalue weighted by Crippen LogP contribution is -2.44. The van der Waals surface area contributed by atoms with Crippen LogP contribution in [0.5, 0.6) is 11.5 Å². The van der Waals surface area contributed by atoms with Crippen LogP contribution in [0.2, 0.25) is 10.0 Å². The highest BCUT2D eigenvalue weighted by molar-refractivity contribution is 6.41. The molecule has 0 bridgehead atoms. The number of pyridine rings is 1. The Morgan fingerprint density at radius 1 is 1.10 bits per heavy atom. The molecular formula is C36H39Cl2N7O5. The van der Waals surface area contributed by atoms with Crippen molar-refractivity contribution >= 4 is 57.7 Å². The van der Waals surface area contributed by atoms with E-state index in [1.165, 1.54) is 30.9 Å². The molecule has 0 saturated carbocycles. The van der Waals surface area contributed by atoms with E-state index in [4.69, 9.17) is 37.7 Å². The molecule has 1 unspecified atom stereocenters. The van der Waals surface area contributed by atoms with Gasteiger partial charge in [-0.15, -0.1) is 0 Å². The van der Waals surface area contributed by atoms with Crippen molar-refractivity contribution in [2.75, 3.05) is 58.6 Å². The van der Waals surface area contributed by atoms with Crippen molar-refractivity contribution in [2.45, 2.75) is 25.4 Å². The van der Waals surface area contributed by atoms with Crippen molar-refractivity contribution in [1.82, 2.24) is 24.3 Å². The maximum atomic E-state index is 14.5. The van der Waals surface area contributed by atoms with E-state index in [0.29, 0.717) is 42.3 Å². The van der Waals surface area contributed by atoms with Crippen molar-refractivity contribution in [1.29, 1.82) is 0 Å². The van der Waals surface area contributed by atoms with Gasteiger partial charge in [-0.2, -0.15) is 4.98 Å². The number of nitrogens with zero attached hydrogens (tertiary/aromatic N) is 5. The zero-order valence-electron chi connectivity index (χ0n) is 28.3. The molecule has 0 aliphatic carbocycles. The number of rotatable bonds is 12. The van der Waals surface area contributed by atoms with Crippen LogP contribution in [-0.2, 0) is 16.1 Å². The van der Waals surface area contributed by atoms with Crippen molar-refractivity contribution in [3.8, 4) is 22.6 Å². The molecule has 1 aliphatic heterocycles. The first-order chi connectivity index (χ1) is 24.0. The predicted molar refractivity (Wildman–Crippen MR) is 198 cm³/mol. The van der Waals surface area contributed by atoms with Crippen molar-refractivity contribution in [3.05, 3.63) is 93.4 Å². The second-order valence-electron chi connectivity index (χ2n) is 12.0. The van der Waals surface area contributed by atoms with E-state index in [1.54, 1.807) is 41.4 Å². The molecule has 4 aromatic rings. The molecule has 262 valence electrons. The quantitative estimate of drug-likeness (QED) is 0.183. The second kappa shape index (κ2) is 16.2. The zero-order chi connectivity index (χ0) is 35.9. The van der Waals surface area contributed by atoms with Crippen LogP contribution in [0.4, 0.5) is 11.6 Å². The number of nitrogens with one attached hydrogen (secondary N) is 2. The molecule has 0 spiro atoms. The van der Waals surface area contributed by atoms with Gasteiger partial charge in [-0.05, 0) is 56.8 Å². The molecule has 2 aromatic heterocycles. The lowest BCUT2D eigenvalue weighted by Gasteiger charge is -2.32. The molecule has 2 N–H and O–H groups in total. The SMILES string of the molecule is C=CC(=O)N1CCCC(Nc2ncc3cc(-c4c(Cl)c(OC)cc(OC)c4Cl)c(=O)n(Cc4ccc(NC(=O)/C=C/CN(C)C)cc4)c3n2)C1. The van der Waals surface area contributed by atoms with E-state index in [-0.39, 0.29) is 57.1 Å². The molecule has 50 heavy (non-hydrogen) atoms. The fourth-order valence-corrected chi connectivity index (χ4v) is 6.42. The summed E-state index contributed by atoms with van der Waals surface area (Å²) in [4.78, 5) is 52.1. The largest absolute Gasteiger partial charge is 0.495 e. The number of carbonyl (C=O) groups excluding carboxylic acids is 2. The number of fused-ring (bicyclic) bond motifs is 1. The fraction of sp³-hybridized carbons (Fsp3) is 0.306. The summed E-state index contributed by atoms with van der Waals surface area (Å²) in [5.41, 5.74) is 1.79. The smallest absolute Gasteiger partial charge is 0.260 e. The number of aromatic nitrogens is 3. The van der Waals surface area contributed by atoms with E-state index in [2.05, 4.69) is 22.2 Å². The van der Waals surface area contributed by atoms with Crippen LogP contribution in [-0.4, -0.2) is 90.1 Å². The summed E-state index contributed by atoms with van der Waals surface area (Å²) in [5.74, 6) is 0.514. The van der Waals surface area contributed by atoms with E-state index in [1.807, 2.05) is 31.1 Å². The highest BCUT2D eigenvalue weighted by atomic mass is 35.5. The molecule has 3 heterocycles. The number of anilines is 2. The first kappa shape index (κ1) is 36.4. The molecule has 2 amide bonds. The number of hydrogen-bond acceptors (Lipinski definition) is 9. The highest BCUT2D eigenvalue weighted by Gasteiger charge is 2.25. The molecule has 2 aromatic carbocycles. The molecule has 0 radical (unpaired) electrons. The average molecular weight is 721 g/mol. The van der Waals surface area contributed by atoms with Gasteiger partial charge in [0.15, 0.2) is 0 Å². The number of carbonyl (C=O) groups is 2. The molecule has 1 saturated heterocycles. The number of methoxy groups -OCH3 is 2. The van der Waals surface area contributed by atoms with Gasteiger partial charge in [-0.25, -0.2) is 4.98 Å². The minimum Gasteiger partial charge on any atom is -0.495 e. The van der Waals surface area contributed by atoms with Gasteiger partial charge in [0.2, 0.25) is 17.8 Å². The Labute approximate surface area is 300 Å². The molecule has 1 aliphatic rings. The van der Waals surface area contributed by atoms with Gasteiger partial charge in [-0.1, -0.05) is 48.0 Å². The normalized spacial score (nSPS) is 14.6. The van der Waals surface area contributed by atoms with Crippen molar-refractivity contribution in [3.63, 3.8) is 0 Å². The third kappa shape index (κ3) is 8.27. The summed E-state index contributed by atoms with van der Waals surface area (Å²) >= 11 is 13.5. The number of amides is 2. The summed E-state index contributed by atoms with van der Waals surface area (Å²) in [7, 11) is 6.77. The standard InChI is InChI=1S/C36H39Cl2N7O5/c1-6-30(47)44-16-7-9-25(21-44)41-36-39-19-23-17-26(31-32(37)27(49-4)18-28(50-5)33(31)38)35(48)45(34(23)42-36)20-22-11-13-24(14-12-22)40-29(46)10-8-15-43(2)3/h6,8,10-14,17-19,25H,1,7,9,15-16,20-21H2,2-5H3,(H,40,46)(H,39,41,42)/b10-8+. The summed E-state index contributed by atoms with van der Waals surface area (Å²) in [5, 5.41) is 7.05. The number of likely N-dealkylation sites (N-methyl/N-ethyl adjacent to an activating group) is 1. The third-order valence-corrected chi connectivity index (χ3v) is 8.96. The monoisotopic (exact) mass is 719 g/mol. The van der Waals surface area contributed by atoms with Gasteiger partial charge >= 0.3 is 0 Å². The minimum atomic E-state index is -0.412. The lowest BCUT2D eigenvalue weighted by molar-refractivity contribution is -0.127. The van der Waals surface area contributed by atoms with Crippen LogP contribution < -0.4 is 25.7 Å². The van der Waals surface area contributed by atoms with Gasteiger partial charge in [0, 0.05) is 60.7 Å². The fourth-order valence-electron chi connectivity index (χ4n) is 5.71. The highest BCUT2D eigenvalue weighted by Crippen LogP contribution is 2.45. The first-order valence-corrected chi connectivity index (χ1v) is 16.7. The lowest BCUT2D eigenvalue weighted by atomic mass is 10.0. The van der Waals surface area contributed by atoms with Crippen LogP contribution in [0.15, 0.2) is 72.2 Å². The van der Waals surface area contributed by atoms with E-state index in [0.717, 1.165) is 18.4 Å². The molecule has 12 nitrogen and oxygen atoms in total.